The van der Waals surface area contributed by atoms with Crippen LogP contribution in [0.5, 0.6) is 17.2 Å². The van der Waals surface area contributed by atoms with Gasteiger partial charge in [-0.15, -0.1) is 0 Å². The van der Waals surface area contributed by atoms with Gasteiger partial charge < -0.3 is 31.5 Å². The zero-order valence-corrected chi connectivity index (χ0v) is 14.6. The van der Waals surface area contributed by atoms with Crippen molar-refractivity contribution in [3.63, 3.8) is 0 Å². The molecule has 1 aliphatic rings. The average molecular weight is 352 g/mol. The van der Waals surface area contributed by atoms with Gasteiger partial charge >= 0.3 is 0 Å². The third-order valence-corrected chi connectivity index (χ3v) is 5.36. The SMILES string of the molecule is COc1cc(C[NH+]2CCS(=O)(=O)CC2)cc(OC)c1OC.[Cl-]. The van der Waals surface area contributed by atoms with Crippen molar-refractivity contribution < 1.29 is 39.9 Å². The molecule has 0 radical (unpaired) electrons. The maximum atomic E-state index is 11.5. The van der Waals surface area contributed by atoms with E-state index in [4.69, 9.17) is 14.2 Å². The lowest BCUT2D eigenvalue weighted by Gasteiger charge is -2.24. The molecule has 1 saturated heterocycles. The topological polar surface area (TPSA) is 66.3 Å². The fourth-order valence-electron chi connectivity index (χ4n) is 2.53. The molecule has 22 heavy (non-hydrogen) atoms. The molecule has 0 saturated carbocycles. The number of rotatable bonds is 5. The molecule has 1 aliphatic heterocycles. The highest BCUT2D eigenvalue weighted by molar-refractivity contribution is 7.91. The molecule has 0 bridgehead atoms. The second-order valence-corrected chi connectivity index (χ2v) is 7.42. The Bertz CT molecular complexity index is 566. The van der Waals surface area contributed by atoms with E-state index >= 15 is 0 Å². The third kappa shape index (κ3) is 4.41. The number of halogens is 1. The molecule has 2 rings (SSSR count). The van der Waals surface area contributed by atoms with Gasteiger partial charge in [-0.05, 0) is 12.1 Å². The van der Waals surface area contributed by atoms with Crippen LogP contribution in [0, 0.1) is 0 Å². The number of quaternary nitrogens is 1. The van der Waals surface area contributed by atoms with Crippen LogP contribution in [0.1, 0.15) is 5.56 Å². The first-order valence-electron chi connectivity index (χ1n) is 6.82. The van der Waals surface area contributed by atoms with Gasteiger partial charge in [0.1, 0.15) is 6.54 Å². The number of methoxy groups -OCH3 is 3. The molecule has 0 spiro atoms. The Kier molecular flexibility index (Phi) is 6.77. The Labute approximate surface area is 137 Å². The second-order valence-electron chi connectivity index (χ2n) is 5.11. The maximum absolute atomic E-state index is 11.5. The molecule has 1 aromatic carbocycles. The predicted octanol–water partition coefficient (Wildman–Crippen LogP) is -3.47. The van der Waals surface area contributed by atoms with Crippen LogP contribution in [-0.2, 0) is 16.4 Å². The summed E-state index contributed by atoms with van der Waals surface area (Å²) in [5, 5.41) is 0. The summed E-state index contributed by atoms with van der Waals surface area (Å²) in [6.45, 7) is 2.02. The van der Waals surface area contributed by atoms with Crippen LogP contribution in [0.2, 0.25) is 0 Å². The second kappa shape index (κ2) is 7.89. The Morgan fingerprint density at radius 3 is 1.91 bits per heavy atom. The molecule has 0 aliphatic carbocycles. The van der Waals surface area contributed by atoms with Crippen molar-refractivity contribution in [2.45, 2.75) is 6.54 Å². The fourth-order valence-corrected chi connectivity index (χ4v) is 3.93. The zero-order chi connectivity index (χ0) is 15.5. The summed E-state index contributed by atoms with van der Waals surface area (Å²) >= 11 is 0. The quantitative estimate of drug-likeness (QED) is 0.597. The van der Waals surface area contributed by atoms with Crippen molar-refractivity contribution in [2.75, 3.05) is 45.9 Å². The van der Waals surface area contributed by atoms with Crippen LogP contribution in [0.4, 0.5) is 0 Å². The molecule has 0 amide bonds. The monoisotopic (exact) mass is 351 g/mol. The van der Waals surface area contributed by atoms with Gasteiger partial charge in [-0.25, -0.2) is 8.42 Å². The lowest BCUT2D eigenvalue weighted by atomic mass is 10.1. The van der Waals surface area contributed by atoms with Crippen LogP contribution in [0.25, 0.3) is 0 Å². The molecule has 6 nitrogen and oxygen atoms in total. The van der Waals surface area contributed by atoms with E-state index in [-0.39, 0.29) is 23.9 Å². The molecular weight excluding hydrogens is 330 g/mol. The van der Waals surface area contributed by atoms with Crippen molar-refractivity contribution in [2.24, 2.45) is 0 Å². The largest absolute Gasteiger partial charge is 1.00 e. The first kappa shape index (κ1) is 18.9. The number of benzene rings is 1. The minimum Gasteiger partial charge on any atom is -1.00 e. The highest BCUT2D eigenvalue weighted by Gasteiger charge is 2.25. The number of nitrogens with one attached hydrogen (secondary N) is 1. The Morgan fingerprint density at radius 1 is 1.00 bits per heavy atom. The number of hydrogen-bond acceptors (Lipinski definition) is 5. The minimum atomic E-state index is -2.83. The van der Waals surface area contributed by atoms with E-state index in [1.54, 1.807) is 21.3 Å². The molecule has 0 unspecified atom stereocenters. The van der Waals surface area contributed by atoms with Crippen LogP contribution in [0.15, 0.2) is 12.1 Å². The number of sulfone groups is 1. The van der Waals surface area contributed by atoms with Crippen LogP contribution < -0.4 is 31.5 Å². The number of hydrogen-bond donors (Lipinski definition) is 1. The molecule has 126 valence electrons. The molecule has 8 heteroatoms. The third-order valence-electron chi connectivity index (χ3n) is 3.71. The van der Waals surface area contributed by atoms with Crippen molar-refractivity contribution in [3.05, 3.63) is 17.7 Å². The van der Waals surface area contributed by atoms with Gasteiger partial charge in [-0.1, -0.05) is 0 Å². The first-order chi connectivity index (χ1) is 9.99. The summed E-state index contributed by atoms with van der Waals surface area (Å²) in [6, 6.07) is 3.83. The summed E-state index contributed by atoms with van der Waals surface area (Å²) < 4.78 is 38.9. The van der Waals surface area contributed by atoms with E-state index < -0.39 is 9.84 Å². The normalized spacial score (nSPS) is 17.4. The molecular formula is C14H22ClNO5S. The van der Waals surface area contributed by atoms with Gasteiger partial charge in [0.05, 0.1) is 45.9 Å². The highest BCUT2D eigenvalue weighted by Crippen LogP contribution is 2.37. The van der Waals surface area contributed by atoms with Crippen LogP contribution in [-0.4, -0.2) is 54.3 Å². The average Bonchev–Trinajstić information content (AvgIpc) is 2.48. The summed E-state index contributed by atoms with van der Waals surface area (Å²) in [5.41, 5.74) is 1.04. The predicted molar refractivity (Wildman–Crippen MR) is 79.2 cm³/mol. The van der Waals surface area contributed by atoms with Crippen molar-refractivity contribution in [3.8, 4) is 17.2 Å². The molecule has 1 aromatic rings. The summed E-state index contributed by atoms with van der Waals surface area (Å²) in [7, 11) is 1.91. The van der Waals surface area contributed by atoms with Crippen molar-refractivity contribution in [1.82, 2.24) is 0 Å². The lowest BCUT2D eigenvalue weighted by molar-refractivity contribution is -0.910. The van der Waals surface area contributed by atoms with Gasteiger partial charge in [0, 0.05) is 5.56 Å². The van der Waals surface area contributed by atoms with Gasteiger partial charge in [-0.3, -0.25) is 0 Å². The Hall–Kier alpha value is -1.18. The fraction of sp³-hybridized carbons (Fsp3) is 0.571. The van der Waals surface area contributed by atoms with Crippen LogP contribution >= 0.6 is 0 Å². The van der Waals surface area contributed by atoms with E-state index in [2.05, 4.69) is 0 Å². The van der Waals surface area contributed by atoms with Gasteiger partial charge in [-0.2, -0.15) is 0 Å². The summed E-state index contributed by atoms with van der Waals surface area (Å²) in [6.07, 6.45) is 0. The van der Waals surface area contributed by atoms with Gasteiger partial charge in [0.15, 0.2) is 21.3 Å². The molecule has 0 atom stereocenters. The van der Waals surface area contributed by atoms with E-state index in [0.29, 0.717) is 30.3 Å². The lowest BCUT2D eigenvalue weighted by Crippen LogP contribution is -3.13. The summed E-state index contributed by atoms with van der Waals surface area (Å²) in [5.74, 6) is 2.33. The van der Waals surface area contributed by atoms with Crippen LogP contribution in [0.3, 0.4) is 0 Å². The molecule has 1 N–H and O–H groups in total. The minimum absolute atomic E-state index is 0. The maximum Gasteiger partial charge on any atom is 0.203 e. The Morgan fingerprint density at radius 2 is 1.50 bits per heavy atom. The molecule has 1 fully saturated rings. The van der Waals surface area contributed by atoms with E-state index in [1.165, 1.54) is 4.90 Å². The smallest absolute Gasteiger partial charge is 0.203 e. The zero-order valence-electron chi connectivity index (χ0n) is 13.0. The number of ether oxygens (including phenoxy) is 3. The van der Waals surface area contributed by atoms with Crippen molar-refractivity contribution >= 4 is 9.84 Å². The van der Waals surface area contributed by atoms with Gasteiger partial charge in [0.25, 0.3) is 0 Å². The van der Waals surface area contributed by atoms with E-state index in [0.717, 1.165) is 12.1 Å². The highest BCUT2D eigenvalue weighted by atomic mass is 35.5. The standard InChI is InChI=1S/C14H21NO5S.ClH/c1-18-12-8-11(9-13(19-2)14(12)20-3)10-15-4-6-21(16,17)7-5-15;/h8-9H,4-7,10H2,1-3H3;1H. The van der Waals surface area contributed by atoms with Gasteiger partial charge in [0.2, 0.25) is 5.75 Å². The first-order valence-corrected chi connectivity index (χ1v) is 8.64. The Balaban J connectivity index is 0.00000242. The van der Waals surface area contributed by atoms with Crippen molar-refractivity contribution in [1.29, 1.82) is 0 Å². The molecule has 0 aromatic heterocycles. The summed E-state index contributed by atoms with van der Waals surface area (Å²) in [4.78, 5) is 1.25. The van der Waals surface area contributed by atoms with E-state index in [9.17, 15) is 8.42 Å². The molecule has 1 heterocycles. The van der Waals surface area contributed by atoms with E-state index in [1.807, 2.05) is 12.1 Å².